The number of rotatable bonds is 5. The molecule has 33 heavy (non-hydrogen) atoms. The van der Waals surface area contributed by atoms with Gasteiger partial charge < -0.3 is 14.6 Å². The van der Waals surface area contributed by atoms with E-state index in [1.807, 2.05) is 61.2 Å². The third kappa shape index (κ3) is 3.93. The molecule has 1 N–H and O–H groups in total. The lowest BCUT2D eigenvalue weighted by molar-refractivity contribution is 0.0451. The van der Waals surface area contributed by atoms with Gasteiger partial charge in [0.1, 0.15) is 17.0 Å². The number of fused-ring (bicyclic) bond motifs is 1. The maximum atomic E-state index is 13.4. The van der Waals surface area contributed by atoms with E-state index in [0.29, 0.717) is 35.7 Å². The van der Waals surface area contributed by atoms with Crippen LogP contribution in [0.3, 0.4) is 0 Å². The zero-order chi connectivity index (χ0) is 23.1. The molecule has 0 radical (unpaired) electrons. The van der Waals surface area contributed by atoms with Crippen LogP contribution < -0.4 is 5.32 Å². The molecule has 4 aromatic rings. The van der Waals surface area contributed by atoms with Crippen molar-refractivity contribution in [1.29, 1.82) is 0 Å². The predicted molar refractivity (Wildman–Crippen MR) is 130 cm³/mol. The number of nitrogens with one attached hydrogen (secondary N) is 1. The Morgan fingerprint density at radius 2 is 1.97 bits per heavy atom. The van der Waals surface area contributed by atoms with E-state index in [1.165, 1.54) is 11.3 Å². The lowest BCUT2D eigenvalue weighted by atomic mass is 10.0. The normalized spacial score (nSPS) is 15.5. The van der Waals surface area contributed by atoms with Crippen LogP contribution in [0.4, 0.5) is 0 Å². The quantitative estimate of drug-likeness (QED) is 0.449. The van der Waals surface area contributed by atoms with Gasteiger partial charge in [-0.1, -0.05) is 48.0 Å². The molecule has 0 bridgehead atoms. The molecule has 168 valence electrons. The van der Waals surface area contributed by atoms with Crippen molar-refractivity contribution >= 4 is 34.1 Å². The van der Waals surface area contributed by atoms with Crippen LogP contribution >= 0.6 is 11.3 Å². The summed E-state index contributed by atoms with van der Waals surface area (Å²) in [7, 11) is 0. The maximum Gasteiger partial charge on any atom is 0.274 e. The van der Waals surface area contributed by atoms with E-state index in [4.69, 9.17) is 4.42 Å². The van der Waals surface area contributed by atoms with Crippen molar-refractivity contribution in [2.45, 2.75) is 33.2 Å². The average Bonchev–Trinajstić information content (AvgIpc) is 3.32. The molecule has 1 saturated heterocycles. The standard InChI is InChI=1S/C26H25N3O3S/c1-15-7-6-8-18(13-15)24-23(28-17(3)33-24)26(31)29-12-11-19(29)14-27-25(30)22-16(2)32-21-10-5-4-9-20(21)22/h4-10,13,19H,11-12,14H2,1-3H3,(H,27,30)/t19-/m0/s1. The molecule has 3 heterocycles. The van der Waals surface area contributed by atoms with Gasteiger partial charge in [0, 0.05) is 18.5 Å². The number of thiazole rings is 1. The molecule has 1 atom stereocenters. The summed E-state index contributed by atoms with van der Waals surface area (Å²) in [4.78, 5) is 33.6. The van der Waals surface area contributed by atoms with Gasteiger partial charge in [-0.2, -0.15) is 0 Å². The summed E-state index contributed by atoms with van der Waals surface area (Å²) in [6, 6.07) is 15.6. The molecule has 2 aromatic heterocycles. The number of amides is 2. The molecule has 7 heteroatoms. The van der Waals surface area contributed by atoms with Crippen molar-refractivity contribution in [1.82, 2.24) is 15.2 Å². The Hall–Kier alpha value is -3.45. The minimum atomic E-state index is -0.179. The highest BCUT2D eigenvalue weighted by molar-refractivity contribution is 7.15. The van der Waals surface area contributed by atoms with Gasteiger partial charge in [-0.25, -0.2) is 4.98 Å². The number of aryl methyl sites for hydroxylation is 3. The van der Waals surface area contributed by atoms with Crippen molar-refractivity contribution in [3.8, 4) is 10.4 Å². The highest BCUT2D eigenvalue weighted by Gasteiger charge is 2.35. The summed E-state index contributed by atoms with van der Waals surface area (Å²) >= 11 is 1.54. The number of para-hydroxylation sites is 1. The number of hydrogen-bond acceptors (Lipinski definition) is 5. The van der Waals surface area contributed by atoms with Crippen LogP contribution in [-0.2, 0) is 0 Å². The molecule has 5 rings (SSSR count). The van der Waals surface area contributed by atoms with Crippen LogP contribution in [0.1, 0.15) is 43.6 Å². The fourth-order valence-corrected chi connectivity index (χ4v) is 5.27. The van der Waals surface area contributed by atoms with E-state index in [0.717, 1.165) is 32.8 Å². The number of likely N-dealkylation sites (tertiary alicyclic amines) is 1. The molecule has 1 aliphatic heterocycles. The number of hydrogen-bond donors (Lipinski definition) is 1. The van der Waals surface area contributed by atoms with Gasteiger partial charge in [-0.3, -0.25) is 9.59 Å². The van der Waals surface area contributed by atoms with E-state index in [-0.39, 0.29) is 17.9 Å². The van der Waals surface area contributed by atoms with Gasteiger partial charge in [-0.15, -0.1) is 11.3 Å². The van der Waals surface area contributed by atoms with Crippen LogP contribution in [0.2, 0.25) is 0 Å². The number of benzene rings is 2. The summed E-state index contributed by atoms with van der Waals surface area (Å²) in [5.74, 6) is 0.337. The van der Waals surface area contributed by atoms with Gasteiger partial charge in [0.2, 0.25) is 0 Å². The molecule has 0 saturated carbocycles. The third-order valence-electron chi connectivity index (χ3n) is 6.12. The van der Waals surface area contributed by atoms with Crippen LogP contribution in [-0.4, -0.2) is 40.8 Å². The first-order chi connectivity index (χ1) is 15.9. The highest BCUT2D eigenvalue weighted by atomic mass is 32.1. The second kappa shape index (κ2) is 8.48. The van der Waals surface area contributed by atoms with Crippen molar-refractivity contribution in [2.75, 3.05) is 13.1 Å². The zero-order valence-electron chi connectivity index (χ0n) is 18.8. The van der Waals surface area contributed by atoms with Crippen LogP contribution in [0, 0.1) is 20.8 Å². The predicted octanol–water partition coefficient (Wildman–Crippen LogP) is 5.13. The summed E-state index contributed by atoms with van der Waals surface area (Å²) in [6.07, 6.45) is 0.847. The molecule has 2 aromatic carbocycles. The van der Waals surface area contributed by atoms with Crippen LogP contribution in [0.25, 0.3) is 21.4 Å². The Morgan fingerprint density at radius 3 is 2.73 bits per heavy atom. The van der Waals surface area contributed by atoms with E-state index in [9.17, 15) is 9.59 Å². The summed E-state index contributed by atoms with van der Waals surface area (Å²) in [5.41, 5.74) is 3.90. The fourth-order valence-electron chi connectivity index (χ4n) is 4.36. The molecule has 0 unspecified atom stereocenters. The Morgan fingerprint density at radius 1 is 1.15 bits per heavy atom. The van der Waals surface area contributed by atoms with Gasteiger partial charge in [-0.05, 0) is 38.8 Å². The monoisotopic (exact) mass is 459 g/mol. The first-order valence-electron chi connectivity index (χ1n) is 11.0. The summed E-state index contributed by atoms with van der Waals surface area (Å²) < 4.78 is 5.72. The number of carbonyl (C=O) groups excluding carboxylic acids is 2. The maximum absolute atomic E-state index is 13.4. The zero-order valence-corrected chi connectivity index (χ0v) is 19.7. The fraction of sp³-hybridized carbons (Fsp3) is 0.269. The van der Waals surface area contributed by atoms with E-state index < -0.39 is 0 Å². The minimum Gasteiger partial charge on any atom is -0.461 e. The topological polar surface area (TPSA) is 75.4 Å². The minimum absolute atomic E-state index is 0.0488. The molecule has 2 amide bonds. The van der Waals surface area contributed by atoms with E-state index >= 15 is 0 Å². The van der Waals surface area contributed by atoms with Gasteiger partial charge in [0.25, 0.3) is 11.8 Å². The van der Waals surface area contributed by atoms with E-state index in [1.54, 1.807) is 6.92 Å². The molecular weight excluding hydrogens is 434 g/mol. The third-order valence-corrected chi connectivity index (χ3v) is 7.14. The van der Waals surface area contributed by atoms with Gasteiger partial charge >= 0.3 is 0 Å². The smallest absolute Gasteiger partial charge is 0.274 e. The Kier molecular flexibility index (Phi) is 5.50. The Labute approximate surface area is 196 Å². The molecule has 6 nitrogen and oxygen atoms in total. The Balaban J connectivity index is 1.31. The molecule has 0 spiro atoms. The van der Waals surface area contributed by atoms with Gasteiger partial charge in [0.15, 0.2) is 0 Å². The van der Waals surface area contributed by atoms with Crippen molar-refractivity contribution in [3.05, 3.63) is 76.1 Å². The number of furan rings is 1. The molecule has 0 aliphatic carbocycles. The largest absolute Gasteiger partial charge is 0.461 e. The number of nitrogens with zero attached hydrogens (tertiary/aromatic N) is 2. The highest BCUT2D eigenvalue weighted by Crippen LogP contribution is 2.33. The van der Waals surface area contributed by atoms with Crippen LogP contribution in [0.15, 0.2) is 52.9 Å². The summed E-state index contributed by atoms with van der Waals surface area (Å²) in [5, 5.41) is 4.67. The first-order valence-corrected chi connectivity index (χ1v) is 11.9. The lowest BCUT2D eigenvalue weighted by Crippen LogP contribution is -2.56. The SMILES string of the molecule is Cc1cccc(-c2sc(C)nc2C(=O)N2CC[C@H]2CNC(=O)c2c(C)oc3ccccc23)c1. The van der Waals surface area contributed by atoms with Crippen molar-refractivity contribution in [2.24, 2.45) is 0 Å². The van der Waals surface area contributed by atoms with Crippen LogP contribution in [0.5, 0.6) is 0 Å². The average molecular weight is 460 g/mol. The first kappa shape index (κ1) is 21.4. The second-order valence-corrected chi connectivity index (χ2v) is 9.66. The lowest BCUT2D eigenvalue weighted by Gasteiger charge is -2.40. The Bertz CT molecular complexity index is 1370. The summed E-state index contributed by atoms with van der Waals surface area (Å²) in [6.45, 7) is 6.82. The van der Waals surface area contributed by atoms with Crippen molar-refractivity contribution < 1.29 is 14.0 Å². The van der Waals surface area contributed by atoms with E-state index in [2.05, 4.69) is 16.4 Å². The number of aromatic nitrogens is 1. The second-order valence-electron chi connectivity index (χ2n) is 8.46. The molecular formula is C26H25N3O3S. The molecule has 1 aliphatic rings. The number of carbonyl (C=O) groups is 2. The van der Waals surface area contributed by atoms with Crippen molar-refractivity contribution in [3.63, 3.8) is 0 Å². The van der Waals surface area contributed by atoms with Gasteiger partial charge in [0.05, 0.1) is 21.5 Å². The molecule has 1 fully saturated rings.